The Morgan fingerprint density at radius 2 is 1.62 bits per heavy atom. The van der Waals surface area contributed by atoms with Crippen molar-refractivity contribution in [2.45, 2.75) is 51.5 Å². The zero-order chi connectivity index (χ0) is 11.2. The number of nitrogens with one attached hydrogen (secondary N) is 1. The minimum Gasteiger partial charge on any atom is -0.327 e. The maximum absolute atomic E-state index is 5.81. The van der Waals surface area contributed by atoms with Gasteiger partial charge in [0.2, 0.25) is 0 Å². The van der Waals surface area contributed by atoms with Crippen LogP contribution in [0.3, 0.4) is 0 Å². The first kappa shape index (κ1) is 11.0. The van der Waals surface area contributed by atoms with Gasteiger partial charge < -0.3 is 11.1 Å². The molecule has 4 aliphatic rings. The Balaban J connectivity index is 1.60. The monoisotopic (exact) mass is 222 g/mol. The van der Waals surface area contributed by atoms with Crippen molar-refractivity contribution in [1.29, 1.82) is 0 Å². The summed E-state index contributed by atoms with van der Waals surface area (Å²) in [6.07, 6.45) is 9.16. The van der Waals surface area contributed by atoms with Crippen LogP contribution in [-0.4, -0.2) is 19.1 Å². The molecule has 0 aromatic heterocycles. The molecule has 2 nitrogen and oxygen atoms in total. The molecule has 0 amide bonds. The molecule has 0 aliphatic heterocycles. The van der Waals surface area contributed by atoms with Crippen LogP contribution in [0.5, 0.6) is 0 Å². The molecule has 16 heavy (non-hydrogen) atoms. The lowest BCUT2D eigenvalue weighted by molar-refractivity contribution is -0.0512. The molecule has 0 heterocycles. The van der Waals surface area contributed by atoms with Gasteiger partial charge in [-0.3, -0.25) is 0 Å². The smallest absolute Gasteiger partial charge is 0.0136 e. The van der Waals surface area contributed by atoms with Crippen LogP contribution in [0.25, 0.3) is 0 Å². The van der Waals surface area contributed by atoms with E-state index in [2.05, 4.69) is 12.2 Å². The second kappa shape index (κ2) is 3.99. The van der Waals surface area contributed by atoms with Crippen LogP contribution in [-0.2, 0) is 0 Å². The molecule has 4 aliphatic carbocycles. The molecule has 3 N–H and O–H groups in total. The summed E-state index contributed by atoms with van der Waals surface area (Å²) in [5.41, 5.74) is 6.48. The molecule has 0 saturated heterocycles. The molecule has 1 unspecified atom stereocenters. The average Bonchev–Trinajstić information content (AvgIpc) is 2.13. The molecule has 0 spiro atoms. The van der Waals surface area contributed by atoms with E-state index in [1.54, 1.807) is 19.3 Å². The fraction of sp³-hybridized carbons (Fsp3) is 1.00. The van der Waals surface area contributed by atoms with E-state index in [4.69, 9.17) is 5.73 Å². The van der Waals surface area contributed by atoms with Crippen LogP contribution in [0.4, 0.5) is 0 Å². The van der Waals surface area contributed by atoms with Gasteiger partial charge in [-0.2, -0.15) is 0 Å². The molecule has 0 radical (unpaired) electrons. The highest BCUT2D eigenvalue weighted by Crippen LogP contribution is 2.59. The molecule has 92 valence electrons. The largest absolute Gasteiger partial charge is 0.327 e. The predicted octanol–water partition coefficient (Wildman–Crippen LogP) is 2.14. The van der Waals surface area contributed by atoms with E-state index >= 15 is 0 Å². The number of hydrogen-bond donors (Lipinski definition) is 2. The summed E-state index contributed by atoms with van der Waals surface area (Å²) in [5, 5.41) is 3.62. The van der Waals surface area contributed by atoms with Gasteiger partial charge in [0.1, 0.15) is 0 Å². The first-order valence-electron chi connectivity index (χ1n) is 7.11. The summed E-state index contributed by atoms with van der Waals surface area (Å²) >= 11 is 0. The molecule has 1 atom stereocenters. The van der Waals surface area contributed by atoms with Gasteiger partial charge in [0, 0.05) is 19.1 Å². The third kappa shape index (κ3) is 2.02. The van der Waals surface area contributed by atoms with E-state index in [9.17, 15) is 0 Å². The summed E-state index contributed by atoms with van der Waals surface area (Å²) in [4.78, 5) is 0. The Labute approximate surface area is 99.4 Å². The lowest BCUT2D eigenvalue weighted by Gasteiger charge is -2.57. The van der Waals surface area contributed by atoms with Crippen molar-refractivity contribution in [2.75, 3.05) is 13.1 Å². The van der Waals surface area contributed by atoms with Gasteiger partial charge in [-0.1, -0.05) is 0 Å². The number of nitrogens with two attached hydrogens (primary N) is 1. The Morgan fingerprint density at radius 1 is 1.12 bits per heavy atom. The molecule has 4 bridgehead atoms. The van der Waals surface area contributed by atoms with Crippen molar-refractivity contribution >= 4 is 0 Å². The Hall–Kier alpha value is -0.0800. The minimum atomic E-state index is 0.300. The van der Waals surface area contributed by atoms with E-state index in [1.807, 2.05) is 0 Å². The normalized spacial score (nSPS) is 47.2. The van der Waals surface area contributed by atoms with Crippen LogP contribution < -0.4 is 11.1 Å². The van der Waals surface area contributed by atoms with Gasteiger partial charge in [-0.15, -0.1) is 0 Å². The van der Waals surface area contributed by atoms with Crippen molar-refractivity contribution in [3.63, 3.8) is 0 Å². The molecule has 4 rings (SSSR count). The maximum atomic E-state index is 5.81. The molecule has 4 fully saturated rings. The van der Waals surface area contributed by atoms with Gasteiger partial charge in [0.05, 0.1) is 0 Å². The molecule has 0 aromatic carbocycles. The Bertz CT molecular complexity index is 224. The highest BCUT2D eigenvalue weighted by molar-refractivity contribution is 5.02. The van der Waals surface area contributed by atoms with Crippen LogP contribution in [0.15, 0.2) is 0 Å². The zero-order valence-corrected chi connectivity index (χ0v) is 10.5. The van der Waals surface area contributed by atoms with Gasteiger partial charge in [0.15, 0.2) is 0 Å². The summed E-state index contributed by atoms with van der Waals surface area (Å²) < 4.78 is 0. The van der Waals surface area contributed by atoms with Crippen molar-refractivity contribution in [3.05, 3.63) is 0 Å². The molecule has 2 heteroatoms. The minimum absolute atomic E-state index is 0.300. The lowest BCUT2D eigenvalue weighted by Crippen LogP contribution is -2.51. The van der Waals surface area contributed by atoms with Crippen LogP contribution in [0, 0.1) is 23.2 Å². The maximum Gasteiger partial charge on any atom is 0.0136 e. The van der Waals surface area contributed by atoms with Crippen LogP contribution in [0.2, 0.25) is 0 Å². The average molecular weight is 222 g/mol. The third-order valence-corrected chi connectivity index (χ3v) is 5.13. The summed E-state index contributed by atoms with van der Waals surface area (Å²) in [6, 6.07) is 0.300. The van der Waals surface area contributed by atoms with Gasteiger partial charge in [-0.25, -0.2) is 0 Å². The quantitative estimate of drug-likeness (QED) is 0.765. The highest BCUT2D eigenvalue weighted by Gasteiger charge is 2.50. The second-order valence-electron chi connectivity index (χ2n) is 7.03. The fourth-order valence-corrected chi connectivity index (χ4v) is 5.07. The molecule has 4 saturated carbocycles. The topological polar surface area (TPSA) is 38.0 Å². The Kier molecular flexibility index (Phi) is 2.75. The highest BCUT2D eigenvalue weighted by atomic mass is 14.9. The van der Waals surface area contributed by atoms with Crippen molar-refractivity contribution in [2.24, 2.45) is 28.9 Å². The lowest BCUT2D eigenvalue weighted by atomic mass is 9.49. The van der Waals surface area contributed by atoms with Crippen LogP contribution >= 0.6 is 0 Å². The standard InChI is InChI=1S/C14H26N2/c1-10(15)8-16-9-14-5-11-2-12(6-14)4-13(3-11)7-14/h10-13,16H,2-9,15H2,1H3. The second-order valence-corrected chi connectivity index (χ2v) is 7.03. The summed E-state index contributed by atoms with van der Waals surface area (Å²) in [6.45, 7) is 4.31. The van der Waals surface area contributed by atoms with Crippen LogP contribution in [0.1, 0.15) is 45.4 Å². The first-order chi connectivity index (χ1) is 7.65. The SMILES string of the molecule is CC(N)CNCC12CC3CC(CC(C3)C1)C2. The van der Waals surface area contributed by atoms with Gasteiger partial charge in [0.25, 0.3) is 0 Å². The van der Waals surface area contributed by atoms with E-state index in [-0.39, 0.29) is 0 Å². The van der Waals surface area contributed by atoms with E-state index < -0.39 is 0 Å². The fourth-order valence-electron chi connectivity index (χ4n) is 5.07. The van der Waals surface area contributed by atoms with Gasteiger partial charge >= 0.3 is 0 Å². The van der Waals surface area contributed by atoms with E-state index in [0.717, 1.165) is 24.3 Å². The van der Waals surface area contributed by atoms with Crippen molar-refractivity contribution in [3.8, 4) is 0 Å². The molecular formula is C14H26N2. The number of rotatable bonds is 4. The van der Waals surface area contributed by atoms with E-state index in [1.165, 1.54) is 25.8 Å². The van der Waals surface area contributed by atoms with Crippen molar-refractivity contribution < 1.29 is 0 Å². The van der Waals surface area contributed by atoms with Gasteiger partial charge in [-0.05, 0) is 68.6 Å². The third-order valence-electron chi connectivity index (χ3n) is 5.13. The summed E-state index contributed by atoms with van der Waals surface area (Å²) in [5.74, 6) is 3.22. The predicted molar refractivity (Wildman–Crippen MR) is 67.1 cm³/mol. The Morgan fingerprint density at radius 3 is 2.06 bits per heavy atom. The first-order valence-corrected chi connectivity index (χ1v) is 7.11. The van der Waals surface area contributed by atoms with Crippen molar-refractivity contribution in [1.82, 2.24) is 5.32 Å². The van der Waals surface area contributed by atoms with E-state index in [0.29, 0.717) is 11.5 Å². The molecular weight excluding hydrogens is 196 g/mol. The number of hydrogen-bond acceptors (Lipinski definition) is 2. The zero-order valence-electron chi connectivity index (χ0n) is 10.5. The molecule has 0 aromatic rings. The summed E-state index contributed by atoms with van der Waals surface area (Å²) in [7, 11) is 0.